The molecule has 0 saturated carbocycles. The van der Waals surface area contributed by atoms with Gasteiger partial charge in [-0.1, -0.05) is 18.2 Å². The second-order valence-electron chi connectivity index (χ2n) is 6.45. The van der Waals surface area contributed by atoms with Crippen molar-refractivity contribution < 1.29 is 9.84 Å². The molecule has 136 valence electrons. The fraction of sp³-hybridized carbons (Fsp3) is 0.368. The first-order valence-electron chi connectivity index (χ1n) is 8.90. The summed E-state index contributed by atoms with van der Waals surface area (Å²) in [7, 11) is 0. The largest absolute Gasteiger partial charge is 0.394 e. The summed E-state index contributed by atoms with van der Waals surface area (Å²) in [5.74, 6) is 1.61. The molecule has 3 N–H and O–H groups in total. The average molecular weight is 353 g/mol. The second-order valence-corrected chi connectivity index (χ2v) is 6.45. The molecule has 1 aromatic carbocycles. The topological polar surface area (TPSA) is 86.3 Å². The molecule has 1 unspecified atom stereocenters. The van der Waals surface area contributed by atoms with Crippen molar-refractivity contribution in [3.05, 3.63) is 48.4 Å². The fourth-order valence-electron chi connectivity index (χ4n) is 3.33. The van der Waals surface area contributed by atoms with E-state index in [0.717, 1.165) is 30.2 Å². The summed E-state index contributed by atoms with van der Waals surface area (Å²) in [6.07, 6.45) is 4.28. The summed E-state index contributed by atoms with van der Waals surface area (Å²) in [4.78, 5) is 14.1. The Labute approximate surface area is 152 Å². The van der Waals surface area contributed by atoms with Crippen molar-refractivity contribution in [2.45, 2.75) is 12.5 Å². The van der Waals surface area contributed by atoms with Crippen LogP contribution in [0.5, 0.6) is 0 Å². The number of morpholine rings is 1. The highest BCUT2D eigenvalue weighted by Gasteiger charge is 2.15. The van der Waals surface area contributed by atoms with Crippen LogP contribution in [-0.2, 0) is 11.2 Å². The van der Waals surface area contributed by atoms with E-state index in [1.165, 1.54) is 10.9 Å². The van der Waals surface area contributed by atoms with Crippen LogP contribution < -0.4 is 10.2 Å². The van der Waals surface area contributed by atoms with Crippen LogP contribution in [0.15, 0.2) is 42.9 Å². The Morgan fingerprint density at radius 2 is 2.08 bits per heavy atom. The van der Waals surface area contributed by atoms with Crippen molar-refractivity contribution >= 4 is 22.5 Å². The molecule has 1 fully saturated rings. The van der Waals surface area contributed by atoms with Crippen molar-refractivity contribution in [2.75, 3.05) is 43.1 Å². The van der Waals surface area contributed by atoms with Crippen LogP contribution in [0.25, 0.3) is 10.9 Å². The van der Waals surface area contributed by atoms with Crippen LogP contribution in [0, 0.1) is 0 Å². The number of rotatable bonds is 6. The minimum Gasteiger partial charge on any atom is -0.394 e. The maximum Gasteiger partial charge on any atom is 0.134 e. The number of aliphatic hydroxyl groups is 1. The number of anilines is 2. The normalized spacial score (nSPS) is 16.0. The standard InChI is InChI=1S/C19H23N5O2/c25-12-15(9-14-11-20-17-4-2-1-3-16(14)17)23-18-10-19(22-13-21-18)24-5-7-26-8-6-24/h1-4,10-11,13,15,20,25H,5-9,12H2,(H,21,22,23). The zero-order valence-electron chi connectivity index (χ0n) is 14.6. The number of ether oxygens (including phenoxy) is 1. The Hall–Kier alpha value is -2.64. The summed E-state index contributed by atoms with van der Waals surface area (Å²) in [5.41, 5.74) is 2.28. The van der Waals surface area contributed by atoms with Gasteiger partial charge in [-0.15, -0.1) is 0 Å². The molecule has 4 rings (SSSR count). The van der Waals surface area contributed by atoms with Gasteiger partial charge in [-0.05, 0) is 18.1 Å². The molecule has 1 aliphatic heterocycles. The molecule has 0 aliphatic carbocycles. The van der Waals surface area contributed by atoms with Gasteiger partial charge in [0, 0.05) is 36.3 Å². The quantitative estimate of drug-likeness (QED) is 0.627. The van der Waals surface area contributed by atoms with Gasteiger partial charge in [-0.3, -0.25) is 0 Å². The number of aromatic nitrogens is 3. The van der Waals surface area contributed by atoms with Crippen LogP contribution in [0.1, 0.15) is 5.56 Å². The SMILES string of the molecule is OCC(Cc1c[nH]c2ccccc12)Nc1cc(N2CCOCC2)ncn1. The van der Waals surface area contributed by atoms with Crippen molar-refractivity contribution in [1.29, 1.82) is 0 Å². The number of H-pyrrole nitrogens is 1. The number of fused-ring (bicyclic) bond motifs is 1. The third kappa shape index (κ3) is 3.63. The van der Waals surface area contributed by atoms with Gasteiger partial charge in [0.15, 0.2) is 0 Å². The average Bonchev–Trinajstić information content (AvgIpc) is 3.11. The molecule has 26 heavy (non-hydrogen) atoms. The molecule has 7 nitrogen and oxygen atoms in total. The molecule has 0 bridgehead atoms. The molecule has 1 saturated heterocycles. The van der Waals surface area contributed by atoms with E-state index in [4.69, 9.17) is 4.74 Å². The first-order chi connectivity index (χ1) is 12.8. The number of aliphatic hydroxyl groups excluding tert-OH is 1. The number of nitrogens with zero attached hydrogens (tertiary/aromatic N) is 3. The minimum absolute atomic E-state index is 0.0242. The van der Waals surface area contributed by atoms with Gasteiger partial charge in [0.25, 0.3) is 0 Å². The number of hydrogen-bond donors (Lipinski definition) is 3. The number of nitrogens with one attached hydrogen (secondary N) is 2. The summed E-state index contributed by atoms with van der Waals surface area (Å²) in [5, 5.41) is 14.4. The summed E-state index contributed by atoms with van der Waals surface area (Å²) < 4.78 is 5.39. The molecule has 3 heterocycles. The van der Waals surface area contributed by atoms with Gasteiger partial charge in [-0.25, -0.2) is 9.97 Å². The Bertz CT molecular complexity index is 860. The van der Waals surface area contributed by atoms with E-state index in [9.17, 15) is 5.11 Å². The first kappa shape index (κ1) is 16.8. The predicted molar refractivity (Wildman–Crippen MR) is 102 cm³/mol. The van der Waals surface area contributed by atoms with Crippen LogP contribution in [0.3, 0.4) is 0 Å². The Balaban J connectivity index is 1.48. The van der Waals surface area contributed by atoms with E-state index >= 15 is 0 Å². The zero-order chi connectivity index (χ0) is 17.8. The molecular formula is C19H23N5O2. The lowest BCUT2D eigenvalue weighted by molar-refractivity contribution is 0.122. The summed E-state index contributed by atoms with van der Waals surface area (Å²) in [6, 6.07) is 10.00. The number of benzene rings is 1. The van der Waals surface area contributed by atoms with E-state index in [2.05, 4.69) is 37.3 Å². The molecule has 0 radical (unpaired) electrons. The minimum atomic E-state index is -0.123. The number of aromatic amines is 1. The highest BCUT2D eigenvalue weighted by molar-refractivity contribution is 5.83. The number of hydrogen-bond acceptors (Lipinski definition) is 6. The van der Waals surface area contributed by atoms with E-state index in [0.29, 0.717) is 19.6 Å². The van der Waals surface area contributed by atoms with Crippen molar-refractivity contribution in [3.63, 3.8) is 0 Å². The highest BCUT2D eigenvalue weighted by atomic mass is 16.5. The van der Waals surface area contributed by atoms with Gasteiger partial charge in [0.2, 0.25) is 0 Å². The fourth-order valence-corrected chi connectivity index (χ4v) is 3.33. The van der Waals surface area contributed by atoms with Gasteiger partial charge in [0.1, 0.15) is 18.0 Å². The van der Waals surface area contributed by atoms with Gasteiger partial charge >= 0.3 is 0 Å². The van der Waals surface area contributed by atoms with E-state index in [1.54, 1.807) is 6.33 Å². The first-order valence-corrected chi connectivity index (χ1v) is 8.90. The maximum atomic E-state index is 9.83. The smallest absolute Gasteiger partial charge is 0.134 e. The van der Waals surface area contributed by atoms with E-state index in [-0.39, 0.29) is 12.6 Å². The van der Waals surface area contributed by atoms with E-state index < -0.39 is 0 Å². The lowest BCUT2D eigenvalue weighted by Gasteiger charge is -2.28. The molecule has 0 spiro atoms. The Morgan fingerprint density at radius 3 is 2.92 bits per heavy atom. The van der Waals surface area contributed by atoms with Crippen LogP contribution >= 0.6 is 0 Å². The highest BCUT2D eigenvalue weighted by Crippen LogP contribution is 2.21. The molecular weight excluding hydrogens is 330 g/mol. The molecule has 2 aromatic heterocycles. The van der Waals surface area contributed by atoms with Crippen molar-refractivity contribution in [1.82, 2.24) is 15.0 Å². The molecule has 1 atom stereocenters. The monoisotopic (exact) mass is 353 g/mol. The van der Waals surface area contributed by atoms with Crippen LogP contribution in [0.4, 0.5) is 11.6 Å². The maximum absolute atomic E-state index is 9.83. The van der Waals surface area contributed by atoms with Crippen LogP contribution in [-0.4, -0.2) is 59.0 Å². The zero-order valence-corrected chi connectivity index (χ0v) is 14.6. The van der Waals surface area contributed by atoms with Gasteiger partial charge < -0.3 is 25.0 Å². The van der Waals surface area contributed by atoms with Crippen molar-refractivity contribution in [3.8, 4) is 0 Å². The second kappa shape index (κ2) is 7.72. The third-order valence-electron chi connectivity index (χ3n) is 4.70. The van der Waals surface area contributed by atoms with Gasteiger partial charge in [0.05, 0.1) is 25.9 Å². The lowest BCUT2D eigenvalue weighted by atomic mass is 10.1. The summed E-state index contributed by atoms with van der Waals surface area (Å²) in [6.45, 7) is 3.11. The Morgan fingerprint density at radius 1 is 1.23 bits per heavy atom. The molecule has 0 amide bonds. The molecule has 7 heteroatoms. The lowest BCUT2D eigenvalue weighted by Crippen LogP contribution is -2.37. The van der Waals surface area contributed by atoms with Crippen molar-refractivity contribution in [2.24, 2.45) is 0 Å². The number of para-hydroxylation sites is 1. The van der Waals surface area contributed by atoms with Crippen LogP contribution in [0.2, 0.25) is 0 Å². The predicted octanol–water partition coefficient (Wildman–Crippen LogP) is 1.81. The summed E-state index contributed by atoms with van der Waals surface area (Å²) >= 11 is 0. The molecule has 1 aliphatic rings. The Kier molecular flexibility index (Phi) is 4.99. The molecule has 3 aromatic rings. The van der Waals surface area contributed by atoms with Gasteiger partial charge in [-0.2, -0.15) is 0 Å². The van der Waals surface area contributed by atoms with E-state index in [1.807, 2.05) is 24.4 Å². The third-order valence-corrected chi connectivity index (χ3v) is 4.70.